The van der Waals surface area contributed by atoms with Gasteiger partial charge < -0.3 is 26.6 Å². The van der Waals surface area contributed by atoms with E-state index in [1.807, 2.05) is 13.8 Å². The number of benzene rings is 1. The van der Waals surface area contributed by atoms with Crippen LogP contribution in [0.15, 0.2) is 55.3 Å². The van der Waals surface area contributed by atoms with Crippen LogP contribution in [0.3, 0.4) is 0 Å². The van der Waals surface area contributed by atoms with E-state index in [1.54, 1.807) is 6.07 Å². The van der Waals surface area contributed by atoms with E-state index >= 15 is 0 Å². The second kappa shape index (κ2) is 13.6. The first-order valence-corrected chi connectivity index (χ1v) is 10.4. The molecule has 2 aromatic rings. The summed E-state index contributed by atoms with van der Waals surface area (Å²) >= 11 is 0. The standard InChI is InChI=1S/C18H18F3N5O.C6H10O/c1-2-14(23)16-13(15(24)7-9-22)8-10-25-17(16)26-11-3-5-12(6-4-11)27-18(19,20)21;1-3-5-6(7)4-2/h3-10,22-23H,2,24H2,1H3,(H,25,26);4H,2-3,5H2,1H3/b15-7-,22-9?,23-14?;. The van der Waals surface area contributed by atoms with Crippen molar-refractivity contribution in [3.63, 3.8) is 0 Å². The Labute approximate surface area is 196 Å². The summed E-state index contributed by atoms with van der Waals surface area (Å²) in [5.74, 6) is 0.141. The van der Waals surface area contributed by atoms with Crippen molar-refractivity contribution in [2.24, 2.45) is 5.73 Å². The molecule has 1 heterocycles. The summed E-state index contributed by atoms with van der Waals surface area (Å²) in [4.78, 5) is 14.5. The largest absolute Gasteiger partial charge is 0.573 e. The molecule has 0 atom stereocenters. The van der Waals surface area contributed by atoms with Gasteiger partial charge in [-0.05, 0) is 55.3 Å². The van der Waals surface area contributed by atoms with Crippen LogP contribution in [0.5, 0.6) is 5.75 Å². The number of nitrogens with one attached hydrogen (secondary N) is 3. The molecule has 0 aliphatic heterocycles. The maximum absolute atomic E-state index is 12.2. The van der Waals surface area contributed by atoms with Crippen LogP contribution in [0.4, 0.5) is 24.7 Å². The number of hydrogen-bond donors (Lipinski definition) is 4. The van der Waals surface area contributed by atoms with Crippen LogP contribution in [0.2, 0.25) is 0 Å². The van der Waals surface area contributed by atoms with E-state index in [4.69, 9.17) is 16.6 Å². The lowest BCUT2D eigenvalue weighted by atomic mass is 10.00. The summed E-state index contributed by atoms with van der Waals surface area (Å²) in [6.07, 6.45) is 2.53. The van der Waals surface area contributed by atoms with E-state index < -0.39 is 6.36 Å². The molecule has 7 nitrogen and oxygen atoms in total. The summed E-state index contributed by atoms with van der Waals surface area (Å²) in [7, 11) is 0. The van der Waals surface area contributed by atoms with E-state index in [1.165, 1.54) is 42.6 Å². The minimum Gasteiger partial charge on any atom is -0.406 e. The molecule has 1 aromatic carbocycles. The lowest BCUT2D eigenvalue weighted by Gasteiger charge is -2.16. The summed E-state index contributed by atoms with van der Waals surface area (Å²) in [5, 5.41) is 18.4. The zero-order valence-electron chi connectivity index (χ0n) is 19.0. The molecule has 0 fully saturated rings. The molecule has 0 bridgehead atoms. The van der Waals surface area contributed by atoms with Crippen LogP contribution in [0.25, 0.3) is 5.70 Å². The number of halogens is 3. The van der Waals surface area contributed by atoms with Gasteiger partial charge in [0, 0.05) is 47.1 Å². The van der Waals surface area contributed by atoms with Crippen molar-refractivity contribution in [1.82, 2.24) is 4.98 Å². The Balaban J connectivity index is 0.000000718. The van der Waals surface area contributed by atoms with Crippen LogP contribution in [0.1, 0.15) is 44.2 Å². The van der Waals surface area contributed by atoms with Crippen LogP contribution < -0.4 is 15.8 Å². The summed E-state index contributed by atoms with van der Waals surface area (Å²) < 4.78 is 40.6. The van der Waals surface area contributed by atoms with Crippen molar-refractivity contribution >= 4 is 34.9 Å². The molecule has 5 N–H and O–H groups in total. The number of rotatable bonds is 10. The van der Waals surface area contributed by atoms with E-state index in [9.17, 15) is 18.0 Å². The minimum absolute atomic E-state index is 0.141. The van der Waals surface area contributed by atoms with Gasteiger partial charge in [0.2, 0.25) is 0 Å². The number of pyridine rings is 1. The Kier molecular flexibility index (Phi) is 11.2. The molecule has 0 unspecified atom stereocenters. The van der Waals surface area contributed by atoms with Crippen LogP contribution >= 0.6 is 0 Å². The third kappa shape index (κ3) is 9.27. The Hall–Kier alpha value is -3.95. The number of ketones is 1. The van der Waals surface area contributed by atoms with Gasteiger partial charge in [0.05, 0.1) is 0 Å². The second-order valence-electron chi connectivity index (χ2n) is 6.82. The van der Waals surface area contributed by atoms with Crippen molar-refractivity contribution in [2.75, 3.05) is 5.32 Å². The van der Waals surface area contributed by atoms with E-state index in [-0.39, 0.29) is 17.2 Å². The zero-order chi connectivity index (χ0) is 25.7. The lowest BCUT2D eigenvalue weighted by molar-refractivity contribution is -0.274. The number of alkyl halides is 3. The molecule has 0 saturated heterocycles. The van der Waals surface area contributed by atoms with Crippen molar-refractivity contribution in [3.05, 3.63) is 66.4 Å². The number of nitrogens with two attached hydrogens (primary N) is 1. The fourth-order valence-corrected chi connectivity index (χ4v) is 2.68. The van der Waals surface area contributed by atoms with E-state index in [2.05, 4.69) is 21.6 Å². The molecule has 0 spiro atoms. The summed E-state index contributed by atoms with van der Waals surface area (Å²) in [5.41, 5.74) is 8.03. The van der Waals surface area contributed by atoms with Crippen LogP contribution in [-0.4, -0.2) is 29.1 Å². The molecule has 2 rings (SSSR count). The molecule has 0 aliphatic carbocycles. The van der Waals surface area contributed by atoms with Gasteiger partial charge in [-0.15, -0.1) is 13.2 Å². The Morgan fingerprint density at radius 1 is 1.24 bits per heavy atom. The molecule has 182 valence electrons. The molecular formula is C24H28F3N5O2. The number of anilines is 2. The van der Waals surface area contributed by atoms with Gasteiger partial charge in [-0.3, -0.25) is 4.79 Å². The van der Waals surface area contributed by atoms with Gasteiger partial charge in [-0.2, -0.15) is 0 Å². The van der Waals surface area contributed by atoms with Crippen molar-refractivity contribution < 1.29 is 22.7 Å². The molecule has 34 heavy (non-hydrogen) atoms. The van der Waals surface area contributed by atoms with Crippen LogP contribution in [-0.2, 0) is 4.79 Å². The maximum atomic E-state index is 12.2. The van der Waals surface area contributed by atoms with Gasteiger partial charge in [-0.1, -0.05) is 20.4 Å². The molecule has 10 heteroatoms. The van der Waals surface area contributed by atoms with Gasteiger partial charge in [-0.25, -0.2) is 4.98 Å². The van der Waals surface area contributed by atoms with Crippen molar-refractivity contribution in [2.45, 2.75) is 39.5 Å². The third-order valence-corrected chi connectivity index (χ3v) is 4.25. The molecule has 0 amide bonds. The van der Waals surface area contributed by atoms with E-state index in [0.717, 1.165) is 12.6 Å². The third-order valence-electron chi connectivity index (χ3n) is 4.25. The number of carbonyl (C=O) groups excluding carboxylic acids is 1. The highest BCUT2D eigenvalue weighted by molar-refractivity contribution is 6.07. The van der Waals surface area contributed by atoms with Crippen LogP contribution in [0, 0.1) is 10.8 Å². The number of allylic oxidation sites excluding steroid dienone is 2. The first-order valence-electron chi connectivity index (χ1n) is 10.4. The first-order chi connectivity index (χ1) is 16.1. The fourth-order valence-electron chi connectivity index (χ4n) is 2.68. The normalized spacial score (nSPS) is 11.0. The highest BCUT2D eigenvalue weighted by atomic mass is 19.4. The predicted octanol–water partition coefficient (Wildman–Crippen LogP) is 5.99. The smallest absolute Gasteiger partial charge is 0.406 e. The predicted molar refractivity (Wildman–Crippen MR) is 129 cm³/mol. The van der Waals surface area contributed by atoms with Crippen molar-refractivity contribution in [1.29, 1.82) is 10.8 Å². The summed E-state index contributed by atoms with van der Waals surface area (Å²) in [6, 6.07) is 6.80. The lowest BCUT2D eigenvalue weighted by Crippen LogP contribution is -2.17. The topological polar surface area (TPSA) is 125 Å². The number of nitrogens with zero attached hydrogens (tertiary/aromatic N) is 1. The quantitative estimate of drug-likeness (QED) is 0.248. The Morgan fingerprint density at radius 3 is 2.35 bits per heavy atom. The fraction of sp³-hybridized carbons (Fsp3) is 0.250. The zero-order valence-corrected chi connectivity index (χ0v) is 19.0. The van der Waals surface area contributed by atoms with Gasteiger partial charge >= 0.3 is 6.36 Å². The van der Waals surface area contributed by atoms with Gasteiger partial charge in [0.25, 0.3) is 0 Å². The van der Waals surface area contributed by atoms with E-state index in [0.29, 0.717) is 41.2 Å². The Morgan fingerprint density at radius 2 is 1.88 bits per heavy atom. The monoisotopic (exact) mass is 475 g/mol. The molecule has 0 radical (unpaired) electrons. The summed E-state index contributed by atoms with van der Waals surface area (Å²) in [6.45, 7) is 7.11. The SMILES string of the molecule is C=CC(=O)CCC.CCC(=N)c1c(/C(N)=C/C=N)ccnc1Nc1ccc(OC(F)(F)F)cc1. The number of aromatic nitrogens is 1. The van der Waals surface area contributed by atoms with Crippen molar-refractivity contribution in [3.8, 4) is 5.75 Å². The Bertz CT molecular complexity index is 1030. The average Bonchev–Trinajstić information content (AvgIpc) is 2.79. The first kappa shape index (κ1) is 28.1. The molecule has 0 saturated carbocycles. The number of ether oxygens (including phenoxy) is 1. The van der Waals surface area contributed by atoms with Gasteiger partial charge in [0.1, 0.15) is 11.6 Å². The maximum Gasteiger partial charge on any atom is 0.573 e. The highest BCUT2D eigenvalue weighted by Gasteiger charge is 2.31. The molecule has 1 aromatic heterocycles. The van der Waals surface area contributed by atoms with Gasteiger partial charge in [0.15, 0.2) is 5.78 Å². The number of carbonyl (C=O) groups is 1. The number of hydrogen-bond acceptors (Lipinski definition) is 7. The second-order valence-corrected chi connectivity index (χ2v) is 6.82. The highest BCUT2D eigenvalue weighted by Crippen LogP contribution is 2.28. The molecule has 0 aliphatic rings. The molecular weight excluding hydrogens is 447 g/mol. The minimum atomic E-state index is -4.76. The average molecular weight is 476 g/mol.